The van der Waals surface area contributed by atoms with Crippen molar-refractivity contribution in [2.24, 2.45) is 0 Å². The van der Waals surface area contributed by atoms with E-state index in [1.54, 1.807) is 7.11 Å². The molecule has 0 amide bonds. The second-order valence-corrected chi connectivity index (χ2v) is 7.99. The summed E-state index contributed by atoms with van der Waals surface area (Å²) in [5.41, 5.74) is 2.11. The minimum absolute atomic E-state index is 0.149. The van der Waals surface area contributed by atoms with Gasteiger partial charge in [-0.2, -0.15) is 0 Å². The molecule has 2 aromatic rings. The molecular weight excluding hydrogens is 416 g/mol. The molecule has 31 heavy (non-hydrogen) atoms. The molecule has 1 N–H and O–H groups in total. The van der Waals surface area contributed by atoms with Gasteiger partial charge in [-0.15, -0.1) is 18.0 Å². The smallest absolute Gasteiger partial charge is 0.119 e. The first-order valence-electron chi connectivity index (χ1n) is 10.2. The van der Waals surface area contributed by atoms with Crippen molar-refractivity contribution in [3.05, 3.63) is 59.7 Å². The fraction of sp³-hybridized carbons (Fsp3) is 0.440. The number of benzene rings is 2. The van der Waals surface area contributed by atoms with Crippen molar-refractivity contribution in [2.75, 3.05) is 39.4 Å². The van der Waals surface area contributed by atoms with Crippen molar-refractivity contribution in [2.45, 2.75) is 31.5 Å². The number of halogens is 1. The average molecular weight is 447 g/mol. The molecule has 0 saturated carbocycles. The standard InChI is InChI=1S/C25H31ClO5/c1-5-14-29-17-24(28-4)18-31-23-12-8-20(9-13-23)25(2,3)19-6-10-22(11-7-19)30-16-21(27)15-26/h1,6-13,21,24,27H,14-18H2,2-4H3. The molecule has 2 unspecified atom stereocenters. The zero-order valence-electron chi connectivity index (χ0n) is 18.3. The van der Waals surface area contributed by atoms with Crippen LogP contribution in [0.2, 0.25) is 0 Å². The first-order valence-corrected chi connectivity index (χ1v) is 10.7. The van der Waals surface area contributed by atoms with Gasteiger partial charge in [-0.1, -0.05) is 44.0 Å². The van der Waals surface area contributed by atoms with Crippen molar-refractivity contribution >= 4 is 11.6 Å². The Bertz CT molecular complexity index is 811. The number of aliphatic hydroxyl groups excluding tert-OH is 1. The highest BCUT2D eigenvalue weighted by Crippen LogP contribution is 2.33. The quantitative estimate of drug-likeness (QED) is 0.286. The van der Waals surface area contributed by atoms with Crippen LogP contribution in [0.1, 0.15) is 25.0 Å². The molecule has 0 aliphatic heterocycles. The van der Waals surface area contributed by atoms with Gasteiger partial charge in [0, 0.05) is 12.5 Å². The van der Waals surface area contributed by atoms with E-state index >= 15 is 0 Å². The summed E-state index contributed by atoms with van der Waals surface area (Å²) in [6, 6.07) is 15.9. The number of hydrogen-bond acceptors (Lipinski definition) is 5. The zero-order valence-corrected chi connectivity index (χ0v) is 19.1. The Hall–Kier alpha value is -2.23. The van der Waals surface area contributed by atoms with Gasteiger partial charge < -0.3 is 24.1 Å². The maximum Gasteiger partial charge on any atom is 0.119 e. The number of aliphatic hydroxyl groups is 1. The van der Waals surface area contributed by atoms with Crippen molar-refractivity contribution in [3.8, 4) is 23.8 Å². The predicted molar refractivity (Wildman–Crippen MR) is 123 cm³/mol. The van der Waals surface area contributed by atoms with E-state index in [0.29, 0.717) is 19.0 Å². The predicted octanol–water partition coefficient (Wildman–Crippen LogP) is 4.03. The molecule has 2 aromatic carbocycles. The number of methoxy groups -OCH3 is 1. The molecule has 5 nitrogen and oxygen atoms in total. The molecule has 0 bridgehead atoms. The highest BCUT2D eigenvalue weighted by molar-refractivity contribution is 6.18. The van der Waals surface area contributed by atoms with Crippen molar-refractivity contribution in [1.82, 2.24) is 0 Å². The first-order chi connectivity index (χ1) is 14.9. The lowest BCUT2D eigenvalue weighted by Gasteiger charge is -2.26. The third kappa shape index (κ3) is 7.75. The molecule has 0 aliphatic carbocycles. The number of terminal acetylenes is 1. The molecule has 2 rings (SSSR count). The molecule has 0 saturated heterocycles. The maximum atomic E-state index is 9.52. The van der Waals surface area contributed by atoms with Crippen LogP contribution in [0, 0.1) is 12.3 Å². The van der Waals surface area contributed by atoms with Crippen LogP contribution in [0.4, 0.5) is 0 Å². The van der Waals surface area contributed by atoms with Crippen LogP contribution >= 0.6 is 11.6 Å². The van der Waals surface area contributed by atoms with E-state index in [0.717, 1.165) is 16.9 Å². The molecule has 0 aromatic heterocycles. The molecule has 0 fully saturated rings. The number of alkyl halides is 1. The van der Waals surface area contributed by atoms with Crippen LogP contribution in [0.25, 0.3) is 0 Å². The van der Waals surface area contributed by atoms with Gasteiger partial charge in [-0.25, -0.2) is 0 Å². The van der Waals surface area contributed by atoms with Gasteiger partial charge in [0.2, 0.25) is 0 Å². The molecule has 0 spiro atoms. The summed E-state index contributed by atoms with van der Waals surface area (Å²) < 4.78 is 22.0. The van der Waals surface area contributed by atoms with E-state index in [9.17, 15) is 5.11 Å². The lowest BCUT2D eigenvalue weighted by Crippen LogP contribution is -2.26. The van der Waals surface area contributed by atoms with Crippen LogP contribution in [-0.2, 0) is 14.9 Å². The highest BCUT2D eigenvalue weighted by atomic mass is 35.5. The molecular formula is C25H31ClO5. The van der Waals surface area contributed by atoms with Crippen molar-refractivity contribution in [1.29, 1.82) is 0 Å². The van der Waals surface area contributed by atoms with Gasteiger partial charge in [0.05, 0.1) is 12.5 Å². The van der Waals surface area contributed by atoms with Gasteiger partial charge in [0.15, 0.2) is 0 Å². The van der Waals surface area contributed by atoms with E-state index < -0.39 is 6.10 Å². The second-order valence-electron chi connectivity index (χ2n) is 7.68. The van der Waals surface area contributed by atoms with Crippen LogP contribution in [-0.4, -0.2) is 56.7 Å². The van der Waals surface area contributed by atoms with Gasteiger partial charge in [-0.05, 0) is 35.4 Å². The SMILES string of the molecule is C#CCOCC(COc1ccc(C(C)(C)c2ccc(OCC(O)CCl)cc2)cc1)OC. The number of hydrogen-bond donors (Lipinski definition) is 1. The Morgan fingerprint density at radius 3 is 1.90 bits per heavy atom. The van der Waals surface area contributed by atoms with Gasteiger partial charge in [0.25, 0.3) is 0 Å². The molecule has 2 atom stereocenters. The largest absolute Gasteiger partial charge is 0.491 e. The second kappa shape index (κ2) is 12.6. The number of rotatable bonds is 13. The molecule has 0 radical (unpaired) electrons. The lowest BCUT2D eigenvalue weighted by molar-refractivity contribution is -0.00637. The Morgan fingerprint density at radius 1 is 0.935 bits per heavy atom. The summed E-state index contributed by atoms with van der Waals surface area (Å²) in [6.07, 6.45) is 4.33. The van der Waals surface area contributed by atoms with Gasteiger partial charge in [0.1, 0.15) is 43.5 Å². The van der Waals surface area contributed by atoms with E-state index in [1.165, 1.54) is 0 Å². The zero-order chi connectivity index (χ0) is 22.7. The monoisotopic (exact) mass is 446 g/mol. The molecule has 6 heteroatoms. The Labute approximate surface area is 190 Å². The Kier molecular flexibility index (Phi) is 10.2. The molecule has 0 heterocycles. The van der Waals surface area contributed by atoms with Gasteiger partial charge >= 0.3 is 0 Å². The van der Waals surface area contributed by atoms with Crippen molar-refractivity contribution in [3.63, 3.8) is 0 Å². The number of ether oxygens (including phenoxy) is 4. The van der Waals surface area contributed by atoms with E-state index in [2.05, 4.69) is 31.9 Å². The highest BCUT2D eigenvalue weighted by Gasteiger charge is 2.23. The van der Waals surface area contributed by atoms with Gasteiger partial charge in [-0.3, -0.25) is 0 Å². The summed E-state index contributed by atoms with van der Waals surface area (Å²) in [4.78, 5) is 0. The minimum atomic E-state index is -0.673. The third-order valence-corrected chi connectivity index (χ3v) is 5.39. The summed E-state index contributed by atoms with van der Waals surface area (Å²) in [7, 11) is 1.62. The molecule has 168 valence electrons. The summed E-state index contributed by atoms with van der Waals surface area (Å²) in [5, 5.41) is 9.52. The van der Waals surface area contributed by atoms with E-state index in [1.807, 2.05) is 36.4 Å². The lowest BCUT2D eigenvalue weighted by atomic mass is 9.78. The fourth-order valence-electron chi connectivity index (χ4n) is 2.96. The van der Waals surface area contributed by atoms with E-state index in [-0.39, 0.29) is 30.6 Å². The summed E-state index contributed by atoms with van der Waals surface area (Å²) >= 11 is 5.59. The van der Waals surface area contributed by atoms with Crippen LogP contribution < -0.4 is 9.47 Å². The maximum absolute atomic E-state index is 9.52. The Morgan fingerprint density at radius 2 is 1.45 bits per heavy atom. The average Bonchev–Trinajstić information content (AvgIpc) is 2.80. The first kappa shape index (κ1) is 25.0. The third-order valence-electron chi connectivity index (χ3n) is 5.03. The molecule has 0 aliphatic rings. The Balaban J connectivity index is 1.96. The summed E-state index contributed by atoms with van der Waals surface area (Å²) in [5.74, 6) is 4.04. The normalized spacial score (nSPS) is 13.3. The minimum Gasteiger partial charge on any atom is -0.491 e. The topological polar surface area (TPSA) is 57.2 Å². The van der Waals surface area contributed by atoms with Crippen molar-refractivity contribution < 1.29 is 24.1 Å². The van der Waals surface area contributed by atoms with Crippen LogP contribution in [0.3, 0.4) is 0 Å². The van der Waals surface area contributed by atoms with Crippen LogP contribution in [0.15, 0.2) is 48.5 Å². The van der Waals surface area contributed by atoms with Crippen LogP contribution in [0.5, 0.6) is 11.5 Å². The van der Waals surface area contributed by atoms with E-state index in [4.69, 9.17) is 37.0 Å². The summed E-state index contributed by atoms with van der Waals surface area (Å²) in [6.45, 7) is 5.53. The fourth-order valence-corrected chi connectivity index (χ4v) is 3.05.